The molecule has 1 atom stereocenters. The second-order valence-corrected chi connectivity index (χ2v) is 7.77. The molecule has 168 valence electrons. The summed E-state index contributed by atoms with van der Waals surface area (Å²) in [5.41, 5.74) is 0.0326. The molecule has 0 aromatic heterocycles. The standard InChI is InChI=1S/C21H31F2N5O.HI/c1-24-21(26-12-11-25-20(29)15-6-3-2-4-7-15)27-16-10-13-28(14-16)19-17(22)8-5-9-18(19)23;/h5,8-9,15-16H,2-4,6-7,10-14H2,1H3,(H,25,29)(H2,24,26,27);1H. The second-order valence-electron chi connectivity index (χ2n) is 7.77. The lowest BCUT2D eigenvalue weighted by Crippen LogP contribution is -2.47. The quantitative estimate of drug-likeness (QED) is 0.227. The first-order valence-corrected chi connectivity index (χ1v) is 10.5. The van der Waals surface area contributed by atoms with E-state index in [-0.39, 0.29) is 47.5 Å². The minimum atomic E-state index is -0.540. The molecule has 0 spiro atoms. The summed E-state index contributed by atoms with van der Waals surface area (Å²) in [6.07, 6.45) is 6.25. The summed E-state index contributed by atoms with van der Waals surface area (Å²) in [6, 6.07) is 3.97. The smallest absolute Gasteiger partial charge is 0.223 e. The van der Waals surface area contributed by atoms with Gasteiger partial charge in [0.1, 0.15) is 17.3 Å². The molecular weight excluding hydrogens is 503 g/mol. The Morgan fingerprint density at radius 3 is 2.43 bits per heavy atom. The number of aliphatic imine (C=N–C) groups is 1. The van der Waals surface area contributed by atoms with Crippen LogP contribution in [0.3, 0.4) is 0 Å². The van der Waals surface area contributed by atoms with E-state index in [1.54, 1.807) is 11.9 Å². The third-order valence-corrected chi connectivity index (χ3v) is 5.70. The summed E-state index contributed by atoms with van der Waals surface area (Å²) < 4.78 is 28.0. The molecule has 1 unspecified atom stereocenters. The zero-order chi connectivity index (χ0) is 20.6. The first-order valence-electron chi connectivity index (χ1n) is 10.5. The van der Waals surface area contributed by atoms with Gasteiger partial charge in [0.05, 0.1) is 0 Å². The van der Waals surface area contributed by atoms with Crippen LogP contribution in [-0.4, -0.2) is 51.1 Å². The van der Waals surface area contributed by atoms with Crippen molar-refractivity contribution in [1.29, 1.82) is 0 Å². The lowest BCUT2D eigenvalue weighted by molar-refractivity contribution is -0.125. The number of carbonyl (C=O) groups excluding carboxylic acids is 1. The largest absolute Gasteiger partial charge is 0.365 e. The van der Waals surface area contributed by atoms with Crippen LogP contribution in [0.1, 0.15) is 38.5 Å². The fourth-order valence-electron chi connectivity index (χ4n) is 4.14. The highest BCUT2D eigenvalue weighted by Crippen LogP contribution is 2.26. The van der Waals surface area contributed by atoms with Gasteiger partial charge in [0.15, 0.2) is 5.96 Å². The summed E-state index contributed by atoms with van der Waals surface area (Å²) in [5.74, 6) is -0.154. The van der Waals surface area contributed by atoms with Crippen molar-refractivity contribution in [3.05, 3.63) is 29.8 Å². The molecule has 2 aliphatic rings. The van der Waals surface area contributed by atoms with Crippen molar-refractivity contribution in [2.24, 2.45) is 10.9 Å². The predicted molar refractivity (Wildman–Crippen MR) is 126 cm³/mol. The molecule has 0 radical (unpaired) electrons. The second kappa shape index (κ2) is 12.3. The monoisotopic (exact) mass is 535 g/mol. The summed E-state index contributed by atoms with van der Waals surface area (Å²) >= 11 is 0. The van der Waals surface area contributed by atoms with Crippen molar-refractivity contribution in [3.63, 3.8) is 0 Å². The number of anilines is 1. The number of nitrogens with one attached hydrogen (secondary N) is 3. The number of guanidine groups is 1. The summed E-state index contributed by atoms with van der Waals surface area (Å²) in [4.78, 5) is 18.1. The lowest BCUT2D eigenvalue weighted by atomic mass is 9.89. The van der Waals surface area contributed by atoms with Crippen LogP contribution in [0.25, 0.3) is 0 Å². The first kappa shape index (κ1) is 24.6. The van der Waals surface area contributed by atoms with E-state index in [1.807, 2.05) is 0 Å². The van der Waals surface area contributed by atoms with Crippen LogP contribution in [-0.2, 0) is 4.79 Å². The molecule has 1 saturated carbocycles. The van der Waals surface area contributed by atoms with Gasteiger partial charge in [0.25, 0.3) is 0 Å². The predicted octanol–water partition coefficient (Wildman–Crippen LogP) is 3.02. The average Bonchev–Trinajstić information content (AvgIpc) is 3.18. The number of hydrogen-bond donors (Lipinski definition) is 3. The van der Waals surface area contributed by atoms with Crippen molar-refractivity contribution >= 4 is 41.5 Å². The number of rotatable bonds is 6. The number of halogens is 3. The van der Waals surface area contributed by atoms with E-state index in [1.165, 1.54) is 24.6 Å². The highest BCUT2D eigenvalue weighted by molar-refractivity contribution is 14.0. The van der Waals surface area contributed by atoms with Gasteiger partial charge in [-0.15, -0.1) is 24.0 Å². The topological polar surface area (TPSA) is 68.8 Å². The third-order valence-electron chi connectivity index (χ3n) is 5.70. The van der Waals surface area contributed by atoms with Gasteiger partial charge >= 0.3 is 0 Å². The Balaban J connectivity index is 0.00000320. The van der Waals surface area contributed by atoms with Gasteiger partial charge in [-0.05, 0) is 31.4 Å². The molecule has 9 heteroatoms. The Morgan fingerprint density at radius 2 is 1.77 bits per heavy atom. The molecule has 0 bridgehead atoms. The summed E-state index contributed by atoms with van der Waals surface area (Å²) in [5, 5.41) is 9.48. The fourth-order valence-corrected chi connectivity index (χ4v) is 4.14. The van der Waals surface area contributed by atoms with E-state index in [0.29, 0.717) is 32.1 Å². The van der Waals surface area contributed by atoms with Crippen LogP contribution in [0, 0.1) is 17.6 Å². The van der Waals surface area contributed by atoms with Crippen LogP contribution in [0.5, 0.6) is 0 Å². The Bertz CT molecular complexity index is 707. The van der Waals surface area contributed by atoms with Crippen LogP contribution >= 0.6 is 24.0 Å². The minimum Gasteiger partial charge on any atom is -0.365 e. The van der Waals surface area contributed by atoms with Gasteiger partial charge in [0.2, 0.25) is 5.91 Å². The fraction of sp³-hybridized carbons (Fsp3) is 0.619. The molecule has 1 saturated heterocycles. The van der Waals surface area contributed by atoms with E-state index in [2.05, 4.69) is 20.9 Å². The van der Waals surface area contributed by atoms with Gasteiger partial charge < -0.3 is 20.9 Å². The van der Waals surface area contributed by atoms with Crippen molar-refractivity contribution in [3.8, 4) is 0 Å². The third kappa shape index (κ3) is 6.68. The van der Waals surface area contributed by atoms with Gasteiger partial charge in [-0.1, -0.05) is 25.3 Å². The normalized spacial score (nSPS) is 19.9. The maximum Gasteiger partial charge on any atom is 0.223 e. The van der Waals surface area contributed by atoms with Gasteiger partial charge in [-0.25, -0.2) is 8.78 Å². The van der Waals surface area contributed by atoms with E-state index in [9.17, 15) is 13.6 Å². The lowest BCUT2D eigenvalue weighted by Gasteiger charge is -2.22. The molecule has 1 heterocycles. The summed E-state index contributed by atoms with van der Waals surface area (Å²) in [7, 11) is 1.68. The first-order chi connectivity index (χ1) is 14.1. The van der Waals surface area contributed by atoms with E-state index in [0.717, 1.165) is 32.1 Å². The molecule has 1 aliphatic carbocycles. The number of amides is 1. The molecule has 2 fully saturated rings. The Labute approximate surface area is 194 Å². The molecule has 1 aliphatic heterocycles. The molecule has 3 rings (SSSR count). The van der Waals surface area contributed by atoms with Crippen LogP contribution in [0.2, 0.25) is 0 Å². The van der Waals surface area contributed by atoms with Gasteiger partial charge in [0, 0.05) is 45.2 Å². The number of nitrogens with zero attached hydrogens (tertiary/aromatic N) is 2. The van der Waals surface area contributed by atoms with Crippen molar-refractivity contribution < 1.29 is 13.6 Å². The zero-order valence-electron chi connectivity index (χ0n) is 17.4. The van der Waals surface area contributed by atoms with Crippen LogP contribution < -0.4 is 20.9 Å². The average molecular weight is 535 g/mol. The Morgan fingerprint density at radius 1 is 1.10 bits per heavy atom. The van der Waals surface area contributed by atoms with E-state index >= 15 is 0 Å². The van der Waals surface area contributed by atoms with Gasteiger partial charge in [-0.3, -0.25) is 9.79 Å². The van der Waals surface area contributed by atoms with E-state index in [4.69, 9.17) is 0 Å². The highest BCUT2D eigenvalue weighted by Gasteiger charge is 2.27. The number of para-hydroxylation sites is 1. The number of carbonyl (C=O) groups is 1. The SMILES string of the molecule is CN=C(NCCNC(=O)C1CCCCC1)NC1CCN(c2c(F)cccc2F)C1.I. The van der Waals surface area contributed by atoms with E-state index < -0.39 is 11.6 Å². The molecule has 3 N–H and O–H groups in total. The number of hydrogen-bond acceptors (Lipinski definition) is 3. The zero-order valence-corrected chi connectivity index (χ0v) is 19.8. The van der Waals surface area contributed by atoms with Crippen LogP contribution in [0.15, 0.2) is 23.2 Å². The molecule has 30 heavy (non-hydrogen) atoms. The van der Waals surface area contributed by atoms with Crippen LogP contribution in [0.4, 0.5) is 14.5 Å². The summed E-state index contributed by atoms with van der Waals surface area (Å²) in [6.45, 7) is 2.17. The van der Waals surface area contributed by atoms with Crippen molar-refractivity contribution in [2.75, 3.05) is 38.1 Å². The maximum atomic E-state index is 14.0. The Kier molecular flexibility index (Phi) is 10.1. The van der Waals surface area contributed by atoms with Crippen molar-refractivity contribution in [1.82, 2.24) is 16.0 Å². The molecule has 1 aromatic carbocycles. The molecule has 1 amide bonds. The minimum absolute atomic E-state index is 0. The number of benzene rings is 1. The van der Waals surface area contributed by atoms with Gasteiger partial charge in [-0.2, -0.15) is 0 Å². The van der Waals surface area contributed by atoms with Crippen molar-refractivity contribution in [2.45, 2.75) is 44.6 Å². The highest BCUT2D eigenvalue weighted by atomic mass is 127. The molecule has 6 nitrogen and oxygen atoms in total. The molecular formula is C21H32F2IN5O. The Hall–Kier alpha value is -1.65. The maximum absolute atomic E-state index is 14.0. The molecule has 1 aromatic rings.